The molecule has 0 aliphatic carbocycles. The van der Waals surface area contributed by atoms with Gasteiger partial charge in [-0.25, -0.2) is 0 Å². The molecule has 0 heterocycles. The molecule has 0 amide bonds. The third kappa shape index (κ3) is 2.68. The van der Waals surface area contributed by atoms with Crippen LogP contribution in [0.2, 0.25) is 0 Å². The monoisotopic (exact) mass is 278 g/mol. The van der Waals surface area contributed by atoms with Gasteiger partial charge in [0.15, 0.2) is 5.78 Å². The lowest BCUT2D eigenvalue weighted by atomic mass is 10.1. The first kappa shape index (κ1) is 12.0. The molecule has 0 radical (unpaired) electrons. The zero-order chi connectivity index (χ0) is 11.6. The molecule has 0 saturated heterocycles. The summed E-state index contributed by atoms with van der Waals surface area (Å²) >= 11 is 2.78. The van der Waals surface area contributed by atoms with Gasteiger partial charge in [-0.3, -0.25) is 4.79 Å². The predicted octanol–water partition coefficient (Wildman–Crippen LogP) is 3.84. The third-order valence-corrected chi connectivity index (χ3v) is 2.43. The number of allylic oxidation sites excluding steroid dienone is 1. The van der Waals surface area contributed by atoms with Gasteiger partial charge in [-0.05, 0) is 24.3 Å². The molecule has 0 aromatic heterocycles. The Morgan fingerprint density at radius 1 is 1.40 bits per heavy atom. The summed E-state index contributed by atoms with van der Waals surface area (Å²) in [6, 6.07) is 3.30. The van der Waals surface area contributed by atoms with Gasteiger partial charge in [-0.2, -0.15) is 13.2 Å². The number of hydrogen-bond acceptors (Lipinski definition) is 1. The fourth-order valence-corrected chi connectivity index (χ4v) is 1.49. The molecule has 1 aromatic rings. The van der Waals surface area contributed by atoms with Crippen molar-refractivity contribution < 1.29 is 18.0 Å². The average molecular weight is 279 g/mol. The van der Waals surface area contributed by atoms with E-state index in [1.807, 2.05) is 0 Å². The Bertz CT molecular complexity index is 410. The molecule has 0 spiro atoms. The first-order chi connectivity index (χ1) is 6.86. The maximum atomic E-state index is 12.4. The number of alkyl halides is 3. The molecule has 5 heteroatoms. The van der Waals surface area contributed by atoms with Gasteiger partial charge in [-0.15, -0.1) is 0 Å². The summed E-state index contributed by atoms with van der Waals surface area (Å²) in [4.78, 5) is 11.1. The molecule has 1 aromatic carbocycles. The second-order valence-corrected chi connectivity index (χ2v) is 3.62. The minimum atomic E-state index is -4.48. The lowest BCUT2D eigenvalue weighted by molar-refractivity contribution is -0.138. The van der Waals surface area contributed by atoms with Crippen molar-refractivity contribution in [3.63, 3.8) is 0 Å². The van der Waals surface area contributed by atoms with E-state index in [2.05, 4.69) is 22.5 Å². The fraction of sp³-hybridized carbons (Fsp3) is 0.100. The quantitative estimate of drug-likeness (QED) is 0.594. The number of halogens is 4. The molecule has 0 unspecified atom stereocenters. The molecule has 0 fully saturated rings. The Morgan fingerprint density at radius 3 is 2.47 bits per heavy atom. The molecule has 80 valence electrons. The Kier molecular flexibility index (Phi) is 3.34. The highest BCUT2D eigenvalue weighted by Gasteiger charge is 2.33. The van der Waals surface area contributed by atoms with Gasteiger partial charge in [0.05, 0.1) is 5.56 Å². The van der Waals surface area contributed by atoms with E-state index in [-0.39, 0.29) is 10.0 Å². The van der Waals surface area contributed by atoms with Crippen LogP contribution in [-0.4, -0.2) is 5.78 Å². The lowest BCUT2D eigenvalue weighted by Gasteiger charge is -2.09. The molecular formula is C10H6BrF3O. The molecule has 0 saturated carbocycles. The van der Waals surface area contributed by atoms with Crippen LogP contribution in [0.4, 0.5) is 13.2 Å². The summed E-state index contributed by atoms with van der Waals surface area (Å²) in [5, 5.41) is 0. The highest BCUT2D eigenvalue weighted by atomic mass is 79.9. The average Bonchev–Trinajstić information content (AvgIpc) is 2.15. The number of ketones is 1. The number of carbonyl (C=O) groups excluding carboxylic acids is 1. The molecular weight excluding hydrogens is 273 g/mol. The van der Waals surface area contributed by atoms with Crippen molar-refractivity contribution in [3.8, 4) is 0 Å². The first-order valence-corrected chi connectivity index (χ1v) is 4.69. The van der Waals surface area contributed by atoms with Gasteiger partial charge in [0.1, 0.15) is 0 Å². The van der Waals surface area contributed by atoms with Crippen molar-refractivity contribution in [2.45, 2.75) is 6.18 Å². The zero-order valence-corrected chi connectivity index (χ0v) is 9.02. The molecule has 0 atom stereocenters. The van der Waals surface area contributed by atoms with Crippen molar-refractivity contribution in [2.75, 3.05) is 0 Å². The van der Waals surface area contributed by atoms with Crippen molar-refractivity contribution in [1.82, 2.24) is 0 Å². The predicted molar refractivity (Wildman–Crippen MR) is 53.7 cm³/mol. The summed E-state index contributed by atoms with van der Waals surface area (Å²) in [7, 11) is 0. The van der Waals surface area contributed by atoms with Crippen LogP contribution < -0.4 is 0 Å². The van der Waals surface area contributed by atoms with Crippen LogP contribution in [-0.2, 0) is 6.18 Å². The van der Waals surface area contributed by atoms with Gasteiger partial charge < -0.3 is 0 Å². The second-order valence-electron chi connectivity index (χ2n) is 2.76. The smallest absolute Gasteiger partial charge is 0.289 e. The van der Waals surface area contributed by atoms with E-state index in [1.54, 1.807) is 0 Å². The van der Waals surface area contributed by atoms with Gasteiger partial charge in [0, 0.05) is 10.0 Å². The lowest BCUT2D eigenvalue weighted by Crippen LogP contribution is -2.08. The second kappa shape index (κ2) is 4.18. The van der Waals surface area contributed by atoms with Crippen molar-refractivity contribution in [3.05, 3.63) is 46.5 Å². The molecule has 0 aliphatic heterocycles. The van der Waals surface area contributed by atoms with Crippen LogP contribution in [0.5, 0.6) is 0 Å². The van der Waals surface area contributed by atoms with Crippen LogP contribution >= 0.6 is 15.9 Å². The Morgan fingerprint density at radius 2 is 2.00 bits per heavy atom. The molecule has 0 N–H and O–H groups in total. The van der Waals surface area contributed by atoms with Crippen molar-refractivity contribution in [2.24, 2.45) is 0 Å². The van der Waals surface area contributed by atoms with E-state index < -0.39 is 17.5 Å². The highest BCUT2D eigenvalue weighted by Crippen LogP contribution is 2.35. The van der Waals surface area contributed by atoms with E-state index >= 15 is 0 Å². The SMILES string of the molecule is C=CC(=O)c1ccc(Br)c(C(F)(F)F)c1. The minimum absolute atomic E-state index is 0.0273. The number of rotatable bonds is 2. The summed E-state index contributed by atoms with van der Waals surface area (Å²) < 4.78 is 37.2. The molecule has 0 aliphatic rings. The summed E-state index contributed by atoms with van der Waals surface area (Å²) in [5.74, 6) is -0.534. The van der Waals surface area contributed by atoms with Gasteiger partial charge >= 0.3 is 6.18 Å². The van der Waals surface area contributed by atoms with Gasteiger partial charge in [-0.1, -0.05) is 22.5 Å². The van der Waals surface area contributed by atoms with Crippen molar-refractivity contribution in [1.29, 1.82) is 0 Å². The van der Waals surface area contributed by atoms with Gasteiger partial charge in [0.2, 0.25) is 0 Å². The van der Waals surface area contributed by atoms with Crippen LogP contribution in [0.3, 0.4) is 0 Å². The largest absolute Gasteiger partial charge is 0.417 e. The van der Waals surface area contributed by atoms with E-state index in [1.165, 1.54) is 12.1 Å². The zero-order valence-electron chi connectivity index (χ0n) is 7.44. The van der Waals surface area contributed by atoms with E-state index in [0.717, 1.165) is 12.1 Å². The Hall–Kier alpha value is -1.10. The molecule has 15 heavy (non-hydrogen) atoms. The normalized spacial score (nSPS) is 11.2. The highest BCUT2D eigenvalue weighted by molar-refractivity contribution is 9.10. The third-order valence-electron chi connectivity index (χ3n) is 1.74. The van der Waals surface area contributed by atoms with E-state index in [4.69, 9.17) is 0 Å². The van der Waals surface area contributed by atoms with Crippen LogP contribution in [0.1, 0.15) is 15.9 Å². The van der Waals surface area contributed by atoms with Crippen LogP contribution in [0, 0.1) is 0 Å². The fourth-order valence-electron chi connectivity index (χ4n) is 1.01. The summed E-state index contributed by atoms with van der Waals surface area (Å²) in [6.45, 7) is 3.21. The maximum absolute atomic E-state index is 12.4. The van der Waals surface area contributed by atoms with E-state index in [0.29, 0.717) is 0 Å². The minimum Gasteiger partial charge on any atom is -0.289 e. The van der Waals surface area contributed by atoms with Gasteiger partial charge in [0.25, 0.3) is 0 Å². The number of hydrogen-bond donors (Lipinski definition) is 0. The Labute approximate surface area is 92.7 Å². The van der Waals surface area contributed by atoms with Crippen LogP contribution in [0.15, 0.2) is 35.3 Å². The number of benzene rings is 1. The molecule has 0 bridgehead atoms. The molecule has 1 rings (SSSR count). The molecule has 1 nitrogen and oxygen atoms in total. The Balaban J connectivity index is 3.29. The standard InChI is InChI=1S/C10H6BrF3O/c1-2-9(15)6-3-4-8(11)7(5-6)10(12,13)14/h2-5H,1H2. The van der Waals surface area contributed by atoms with E-state index in [9.17, 15) is 18.0 Å². The summed E-state index contributed by atoms with van der Waals surface area (Å²) in [5.41, 5.74) is -0.893. The number of carbonyl (C=O) groups is 1. The summed E-state index contributed by atoms with van der Waals surface area (Å²) in [6.07, 6.45) is -3.50. The maximum Gasteiger partial charge on any atom is 0.417 e. The first-order valence-electron chi connectivity index (χ1n) is 3.90. The van der Waals surface area contributed by atoms with Crippen molar-refractivity contribution >= 4 is 21.7 Å². The van der Waals surface area contributed by atoms with Crippen LogP contribution in [0.25, 0.3) is 0 Å². The topological polar surface area (TPSA) is 17.1 Å².